The number of hydrogen-bond acceptors (Lipinski definition) is 6. The smallest absolute Gasteiger partial charge is 0.263 e. The number of aromatic nitrogens is 4. The highest BCUT2D eigenvalue weighted by molar-refractivity contribution is 7.13. The lowest BCUT2D eigenvalue weighted by Crippen LogP contribution is -2.25. The predicted molar refractivity (Wildman–Crippen MR) is 102 cm³/mol. The van der Waals surface area contributed by atoms with E-state index in [-0.39, 0.29) is 18.3 Å². The van der Waals surface area contributed by atoms with Gasteiger partial charge in [0.1, 0.15) is 33.9 Å². The third-order valence-electron chi connectivity index (χ3n) is 4.57. The van der Waals surface area contributed by atoms with Gasteiger partial charge in [0.05, 0.1) is 12.2 Å². The quantitative estimate of drug-likeness (QED) is 0.687. The Bertz CT molecular complexity index is 983. The van der Waals surface area contributed by atoms with Crippen molar-refractivity contribution in [3.63, 3.8) is 0 Å². The van der Waals surface area contributed by atoms with Crippen LogP contribution in [0.25, 0.3) is 0 Å². The number of hydrogen-bond donors (Lipinski definition) is 1. The Hall–Kier alpha value is -2.81. The van der Waals surface area contributed by atoms with Gasteiger partial charge in [-0.2, -0.15) is 0 Å². The highest BCUT2D eigenvalue weighted by Gasteiger charge is 2.19. The number of nitrogens with one attached hydrogen (secondary N) is 1. The van der Waals surface area contributed by atoms with Crippen molar-refractivity contribution in [1.82, 2.24) is 25.1 Å². The molecular weight excluding hydrogens is 381 g/mol. The van der Waals surface area contributed by atoms with Crippen LogP contribution in [0.2, 0.25) is 0 Å². The fraction of sp³-hybridized carbons (Fsp3) is 0.368. The Balaban J connectivity index is 1.36. The van der Waals surface area contributed by atoms with E-state index in [1.54, 1.807) is 19.1 Å². The van der Waals surface area contributed by atoms with Crippen molar-refractivity contribution >= 4 is 17.2 Å². The zero-order valence-corrected chi connectivity index (χ0v) is 16.3. The second kappa shape index (κ2) is 8.05. The minimum Gasteiger partial charge on any atom is -0.486 e. The maximum Gasteiger partial charge on any atom is 0.263 e. The summed E-state index contributed by atoms with van der Waals surface area (Å²) in [6, 6.07) is 5.79. The van der Waals surface area contributed by atoms with Crippen LogP contribution in [0.15, 0.2) is 24.3 Å². The molecule has 3 heterocycles. The Labute approximate surface area is 165 Å². The van der Waals surface area contributed by atoms with Crippen molar-refractivity contribution in [3.05, 3.63) is 57.3 Å². The second-order valence-corrected chi connectivity index (χ2v) is 7.67. The molecule has 0 saturated heterocycles. The van der Waals surface area contributed by atoms with E-state index in [4.69, 9.17) is 4.74 Å². The number of carbonyl (C=O) groups is 1. The largest absolute Gasteiger partial charge is 0.486 e. The first kappa shape index (κ1) is 18.5. The highest BCUT2D eigenvalue weighted by Crippen LogP contribution is 2.21. The van der Waals surface area contributed by atoms with Gasteiger partial charge in [-0.1, -0.05) is 0 Å². The van der Waals surface area contributed by atoms with Crippen molar-refractivity contribution in [2.45, 2.75) is 45.9 Å². The van der Waals surface area contributed by atoms with Gasteiger partial charge in [0.2, 0.25) is 0 Å². The molecule has 1 N–H and O–H groups in total. The summed E-state index contributed by atoms with van der Waals surface area (Å²) < 4.78 is 20.6. The van der Waals surface area contributed by atoms with Crippen molar-refractivity contribution in [1.29, 1.82) is 0 Å². The molecule has 1 aliphatic rings. The molecule has 0 unspecified atom stereocenters. The monoisotopic (exact) mass is 401 g/mol. The maximum absolute atomic E-state index is 12.9. The summed E-state index contributed by atoms with van der Waals surface area (Å²) in [5.41, 5.74) is 0.656. The van der Waals surface area contributed by atoms with Crippen LogP contribution in [0.3, 0.4) is 0 Å². The third-order valence-corrected chi connectivity index (χ3v) is 5.70. The number of rotatable bonds is 6. The second-order valence-electron chi connectivity index (χ2n) is 6.59. The number of ether oxygens (including phenoxy) is 1. The Morgan fingerprint density at radius 3 is 2.93 bits per heavy atom. The minimum atomic E-state index is -0.314. The van der Waals surface area contributed by atoms with E-state index < -0.39 is 0 Å². The molecule has 0 atom stereocenters. The molecule has 4 rings (SSSR count). The Kier molecular flexibility index (Phi) is 5.34. The Morgan fingerprint density at radius 1 is 1.29 bits per heavy atom. The van der Waals surface area contributed by atoms with Gasteiger partial charge in [0.15, 0.2) is 5.82 Å². The summed E-state index contributed by atoms with van der Waals surface area (Å²) in [5, 5.41) is 12.0. The van der Waals surface area contributed by atoms with Crippen LogP contribution in [0.1, 0.15) is 44.9 Å². The third kappa shape index (κ3) is 4.04. The lowest BCUT2D eigenvalue weighted by molar-refractivity contribution is 0.0952. The van der Waals surface area contributed by atoms with Gasteiger partial charge in [-0.05, 0) is 44.0 Å². The SMILES string of the molecule is Cc1nc(COc2ccc(F)cc2)sc1C(=O)NCc1nnc2n1CCCC2. The van der Waals surface area contributed by atoms with Crippen LogP contribution in [-0.4, -0.2) is 25.7 Å². The van der Waals surface area contributed by atoms with Gasteiger partial charge in [0, 0.05) is 13.0 Å². The number of benzene rings is 1. The summed E-state index contributed by atoms with van der Waals surface area (Å²) in [4.78, 5) is 17.5. The number of amides is 1. The van der Waals surface area contributed by atoms with E-state index in [0.29, 0.717) is 27.9 Å². The number of fused-ring (bicyclic) bond motifs is 1. The summed E-state index contributed by atoms with van der Waals surface area (Å²) in [5.74, 6) is 1.83. The summed E-state index contributed by atoms with van der Waals surface area (Å²) in [7, 11) is 0. The van der Waals surface area contributed by atoms with Gasteiger partial charge < -0.3 is 14.6 Å². The number of nitrogens with zero attached hydrogens (tertiary/aromatic N) is 4. The number of thiazole rings is 1. The zero-order valence-electron chi connectivity index (χ0n) is 15.4. The lowest BCUT2D eigenvalue weighted by Gasteiger charge is -2.14. The lowest BCUT2D eigenvalue weighted by atomic mass is 10.2. The van der Waals surface area contributed by atoms with Crippen LogP contribution >= 0.6 is 11.3 Å². The molecule has 1 amide bonds. The van der Waals surface area contributed by atoms with Gasteiger partial charge in [0.25, 0.3) is 5.91 Å². The molecule has 2 aromatic heterocycles. The van der Waals surface area contributed by atoms with Gasteiger partial charge in [-0.25, -0.2) is 9.37 Å². The number of aryl methyl sites for hydroxylation is 2. The molecule has 0 fully saturated rings. The van der Waals surface area contributed by atoms with E-state index in [1.165, 1.54) is 23.5 Å². The molecular formula is C19H20FN5O2S. The van der Waals surface area contributed by atoms with Crippen LogP contribution in [0.4, 0.5) is 4.39 Å². The molecule has 7 nitrogen and oxygen atoms in total. The molecule has 146 valence electrons. The first-order valence-electron chi connectivity index (χ1n) is 9.14. The number of carbonyl (C=O) groups excluding carboxylic acids is 1. The van der Waals surface area contributed by atoms with Crippen LogP contribution in [0, 0.1) is 12.7 Å². The van der Waals surface area contributed by atoms with Crippen LogP contribution < -0.4 is 10.1 Å². The van der Waals surface area contributed by atoms with E-state index in [2.05, 4.69) is 25.1 Å². The summed E-state index contributed by atoms with van der Waals surface area (Å²) in [6.07, 6.45) is 3.18. The highest BCUT2D eigenvalue weighted by atomic mass is 32.1. The van der Waals surface area contributed by atoms with Crippen molar-refractivity contribution in [3.8, 4) is 5.75 Å². The molecule has 1 aromatic carbocycles. The van der Waals surface area contributed by atoms with Crippen molar-refractivity contribution in [2.75, 3.05) is 0 Å². The predicted octanol–water partition coefficient (Wildman–Crippen LogP) is 3.03. The van der Waals surface area contributed by atoms with E-state index >= 15 is 0 Å². The van der Waals surface area contributed by atoms with Crippen molar-refractivity contribution in [2.24, 2.45) is 0 Å². The van der Waals surface area contributed by atoms with Gasteiger partial charge >= 0.3 is 0 Å². The minimum absolute atomic E-state index is 0.184. The van der Waals surface area contributed by atoms with Gasteiger partial charge in [-0.15, -0.1) is 21.5 Å². The fourth-order valence-corrected chi connectivity index (χ4v) is 4.03. The first-order valence-corrected chi connectivity index (χ1v) is 9.95. The molecule has 0 aliphatic carbocycles. The van der Waals surface area contributed by atoms with E-state index in [9.17, 15) is 9.18 Å². The van der Waals surface area contributed by atoms with Gasteiger partial charge in [-0.3, -0.25) is 4.79 Å². The normalized spacial score (nSPS) is 13.2. The molecule has 28 heavy (non-hydrogen) atoms. The average Bonchev–Trinajstić information content (AvgIpc) is 3.29. The fourth-order valence-electron chi connectivity index (χ4n) is 3.14. The maximum atomic E-state index is 12.9. The summed E-state index contributed by atoms with van der Waals surface area (Å²) in [6.45, 7) is 3.26. The van der Waals surface area contributed by atoms with E-state index in [1.807, 2.05) is 0 Å². The first-order chi connectivity index (χ1) is 13.6. The molecule has 9 heteroatoms. The van der Waals surface area contributed by atoms with Crippen LogP contribution in [-0.2, 0) is 26.1 Å². The molecule has 0 radical (unpaired) electrons. The molecule has 1 aliphatic heterocycles. The molecule has 3 aromatic rings. The zero-order chi connectivity index (χ0) is 19.5. The number of halogens is 1. The topological polar surface area (TPSA) is 81.9 Å². The summed E-state index contributed by atoms with van der Waals surface area (Å²) >= 11 is 1.29. The molecule has 0 bridgehead atoms. The molecule has 0 spiro atoms. The van der Waals surface area contributed by atoms with Crippen LogP contribution in [0.5, 0.6) is 5.75 Å². The Morgan fingerprint density at radius 2 is 2.11 bits per heavy atom. The van der Waals surface area contributed by atoms with Crippen molar-refractivity contribution < 1.29 is 13.9 Å². The standard InChI is InChI=1S/C19H20FN5O2S/c1-12-18(28-17(22-12)11-27-14-7-5-13(20)6-8-14)19(26)21-10-16-24-23-15-4-2-3-9-25(15)16/h5-8H,2-4,9-11H2,1H3,(H,21,26). The average molecular weight is 401 g/mol. The molecule has 0 saturated carbocycles. The van der Waals surface area contributed by atoms with E-state index in [0.717, 1.165) is 37.5 Å².